The van der Waals surface area contributed by atoms with Gasteiger partial charge in [-0.2, -0.15) is 0 Å². The number of anilines is 4. The molecule has 0 aliphatic heterocycles. The van der Waals surface area contributed by atoms with Gasteiger partial charge in [-0.25, -0.2) is 0 Å². The van der Waals surface area contributed by atoms with E-state index in [1.54, 1.807) is 30.5 Å². The molecule has 0 spiro atoms. The molecular weight excluding hydrogens is 364 g/mol. The van der Waals surface area contributed by atoms with Crippen LogP contribution in [0.3, 0.4) is 0 Å². The largest absolute Gasteiger partial charge is 0.356 e. The Morgan fingerprint density at radius 2 is 1.28 bits per heavy atom. The molecule has 4 aromatic rings. The summed E-state index contributed by atoms with van der Waals surface area (Å²) in [5.74, 6) is -1.50. The average Bonchev–Trinajstić information content (AvgIpc) is 2.76. The zero-order valence-electron chi connectivity index (χ0n) is 15.4. The van der Waals surface area contributed by atoms with Crippen LogP contribution in [0, 0.1) is 0 Å². The fourth-order valence-corrected chi connectivity index (χ4v) is 2.90. The van der Waals surface area contributed by atoms with E-state index in [1.807, 2.05) is 60.7 Å². The second-order valence-electron chi connectivity index (χ2n) is 6.36. The zero-order valence-corrected chi connectivity index (χ0v) is 15.4. The van der Waals surface area contributed by atoms with Gasteiger partial charge in [-0.15, -0.1) is 0 Å². The monoisotopic (exact) mass is 382 g/mol. The van der Waals surface area contributed by atoms with Crippen molar-refractivity contribution in [3.63, 3.8) is 0 Å². The summed E-state index contributed by atoms with van der Waals surface area (Å²) in [6, 6.07) is 26.0. The highest BCUT2D eigenvalue weighted by atomic mass is 16.2. The minimum absolute atomic E-state index is 0.491. The summed E-state index contributed by atoms with van der Waals surface area (Å²) in [7, 11) is 0. The minimum Gasteiger partial charge on any atom is -0.356 e. The molecule has 0 unspecified atom stereocenters. The third-order valence-corrected chi connectivity index (χ3v) is 4.29. The highest BCUT2D eigenvalue weighted by Crippen LogP contribution is 2.21. The summed E-state index contributed by atoms with van der Waals surface area (Å²) >= 11 is 0. The van der Waals surface area contributed by atoms with Gasteiger partial charge in [0.25, 0.3) is 0 Å². The summed E-state index contributed by atoms with van der Waals surface area (Å²) in [4.78, 5) is 28.8. The maximum absolute atomic E-state index is 12.3. The SMILES string of the molecule is O=C(Nc1ccc(Nc2ccccc2)cc1)C(=O)Nc1cccc2cccnc12. The molecular formula is C23H18N4O2. The summed E-state index contributed by atoms with van der Waals surface area (Å²) in [6.07, 6.45) is 1.64. The van der Waals surface area contributed by atoms with Gasteiger partial charge in [0.05, 0.1) is 11.2 Å². The number of fused-ring (bicyclic) bond motifs is 1. The van der Waals surface area contributed by atoms with Crippen LogP contribution in [0.4, 0.5) is 22.7 Å². The summed E-state index contributed by atoms with van der Waals surface area (Å²) < 4.78 is 0. The van der Waals surface area contributed by atoms with Gasteiger partial charge in [0.15, 0.2) is 0 Å². The van der Waals surface area contributed by atoms with E-state index in [9.17, 15) is 9.59 Å². The molecule has 6 nitrogen and oxygen atoms in total. The molecule has 3 N–H and O–H groups in total. The van der Waals surface area contributed by atoms with Crippen molar-refractivity contribution in [1.82, 2.24) is 4.98 Å². The van der Waals surface area contributed by atoms with Crippen molar-refractivity contribution in [2.45, 2.75) is 0 Å². The van der Waals surface area contributed by atoms with E-state index in [4.69, 9.17) is 0 Å². The molecule has 1 heterocycles. The van der Waals surface area contributed by atoms with E-state index in [2.05, 4.69) is 20.9 Å². The number of benzene rings is 3. The van der Waals surface area contributed by atoms with Crippen LogP contribution in [-0.4, -0.2) is 16.8 Å². The van der Waals surface area contributed by atoms with Gasteiger partial charge >= 0.3 is 11.8 Å². The molecule has 3 aromatic carbocycles. The van der Waals surface area contributed by atoms with Crippen LogP contribution in [0.25, 0.3) is 10.9 Å². The standard InChI is InChI=1S/C23H18N4O2/c28-22(23(29)27-20-10-4-6-16-7-5-15-24-21(16)20)26-19-13-11-18(12-14-19)25-17-8-2-1-3-9-17/h1-15,25H,(H,26,28)(H,27,29). The molecule has 0 aliphatic rings. The van der Waals surface area contributed by atoms with E-state index < -0.39 is 11.8 Å². The average molecular weight is 382 g/mol. The van der Waals surface area contributed by atoms with Crippen molar-refractivity contribution in [3.8, 4) is 0 Å². The van der Waals surface area contributed by atoms with E-state index in [0.29, 0.717) is 16.9 Å². The second kappa shape index (κ2) is 8.22. The normalized spacial score (nSPS) is 10.3. The Morgan fingerprint density at radius 3 is 2.07 bits per heavy atom. The first-order valence-corrected chi connectivity index (χ1v) is 9.07. The number of nitrogens with one attached hydrogen (secondary N) is 3. The predicted molar refractivity (Wildman–Crippen MR) is 115 cm³/mol. The first-order chi connectivity index (χ1) is 14.2. The van der Waals surface area contributed by atoms with Gasteiger partial charge in [0, 0.05) is 28.6 Å². The number of hydrogen-bond donors (Lipinski definition) is 3. The van der Waals surface area contributed by atoms with Crippen molar-refractivity contribution in [2.24, 2.45) is 0 Å². The maximum atomic E-state index is 12.3. The highest BCUT2D eigenvalue weighted by Gasteiger charge is 2.15. The highest BCUT2D eigenvalue weighted by molar-refractivity contribution is 6.44. The molecule has 4 rings (SSSR count). The zero-order chi connectivity index (χ0) is 20.1. The number of aromatic nitrogens is 1. The molecule has 0 saturated heterocycles. The summed E-state index contributed by atoms with van der Waals surface area (Å²) in [5.41, 5.74) is 3.49. The smallest absolute Gasteiger partial charge is 0.314 e. The van der Waals surface area contributed by atoms with Crippen LogP contribution < -0.4 is 16.0 Å². The summed E-state index contributed by atoms with van der Waals surface area (Å²) in [6.45, 7) is 0. The Kier molecular flexibility index (Phi) is 5.16. The lowest BCUT2D eigenvalue weighted by molar-refractivity contribution is -0.132. The quantitative estimate of drug-likeness (QED) is 0.452. The van der Waals surface area contributed by atoms with Gasteiger partial charge < -0.3 is 16.0 Å². The van der Waals surface area contributed by atoms with E-state index >= 15 is 0 Å². The molecule has 2 amide bonds. The third kappa shape index (κ3) is 4.39. The number of carbonyl (C=O) groups excluding carboxylic acids is 2. The molecule has 0 saturated carbocycles. The molecule has 0 aliphatic carbocycles. The molecule has 29 heavy (non-hydrogen) atoms. The molecule has 0 bridgehead atoms. The molecule has 142 valence electrons. The Balaban J connectivity index is 1.40. The van der Waals surface area contributed by atoms with Crippen LogP contribution in [0.1, 0.15) is 0 Å². The lowest BCUT2D eigenvalue weighted by Crippen LogP contribution is -2.29. The van der Waals surface area contributed by atoms with Crippen LogP contribution in [0.2, 0.25) is 0 Å². The van der Waals surface area contributed by atoms with Gasteiger partial charge in [-0.1, -0.05) is 36.4 Å². The topological polar surface area (TPSA) is 83.1 Å². The van der Waals surface area contributed by atoms with Crippen molar-refractivity contribution in [2.75, 3.05) is 16.0 Å². The molecule has 0 atom stereocenters. The molecule has 1 aromatic heterocycles. The number of amides is 2. The fraction of sp³-hybridized carbons (Fsp3) is 0. The minimum atomic E-state index is -0.755. The lowest BCUT2D eigenvalue weighted by Gasteiger charge is -2.10. The first-order valence-electron chi connectivity index (χ1n) is 9.07. The van der Waals surface area contributed by atoms with Crippen LogP contribution in [0.15, 0.2) is 91.1 Å². The maximum Gasteiger partial charge on any atom is 0.314 e. The number of hydrogen-bond acceptors (Lipinski definition) is 4. The van der Waals surface area contributed by atoms with E-state index in [1.165, 1.54) is 0 Å². The fourth-order valence-electron chi connectivity index (χ4n) is 2.90. The first kappa shape index (κ1) is 18.2. The van der Waals surface area contributed by atoms with Crippen LogP contribution in [0.5, 0.6) is 0 Å². The van der Waals surface area contributed by atoms with Crippen molar-refractivity contribution >= 4 is 45.5 Å². The van der Waals surface area contributed by atoms with E-state index in [0.717, 1.165) is 16.8 Å². The van der Waals surface area contributed by atoms with Gasteiger partial charge in [0.2, 0.25) is 0 Å². The van der Waals surface area contributed by atoms with Gasteiger partial charge in [0.1, 0.15) is 0 Å². The molecule has 0 fully saturated rings. The van der Waals surface area contributed by atoms with Crippen molar-refractivity contribution < 1.29 is 9.59 Å². The van der Waals surface area contributed by atoms with Gasteiger partial charge in [-0.05, 0) is 48.5 Å². The van der Waals surface area contributed by atoms with Crippen LogP contribution >= 0.6 is 0 Å². The number of para-hydroxylation sites is 2. The summed E-state index contributed by atoms with van der Waals surface area (Å²) in [5, 5.41) is 9.36. The Labute approximate surface area is 167 Å². The number of pyridine rings is 1. The Morgan fingerprint density at radius 1 is 0.621 bits per heavy atom. The number of nitrogens with zero attached hydrogens (tertiary/aromatic N) is 1. The Hall–Kier alpha value is -4.19. The number of carbonyl (C=O) groups is 2. The second-order valence-corrected chi connectivity index (χ2v) is 6.36. The van der Waals surface area contributed by atoms with Crippen molar-refractivity contribution in [3.05, 3.63) is 91.1 Å². The lowest BCUT2D eigenvalue weighted by atomic mass is 10.2. The van der Waals surface area contributed by atoms with Gasteiger partial charge in [-0.3, -0.25) is 14.6 Å². The molecule has 0 radical (unpaired) electrons. The Bertz CT molecular complexity index is 1150. The third-order valence-electron chi connectivity index (χ3n) is 4.29. The number of rotatable bonds is 4. The predicted octanol–water partition coefficient (Wildman–Crippen LogP) is 4.56. The van der Waals surface area contributed by atoms with Crippen LogP contribution in [-0.2, 0) is 9.59 Å². The van der Waals surface area contributed by atoms with E-state index in [-0.39, 0.29) is 0 Å². The molecule has 6 heteroatoms. The van der Waals surface area contributed by atoms with Crippen molar-refractivity contribution in [1.29, 1.82) is 0 Å².